The first-order valence-electron chi connectivity index (χ1n) is 4.00. The van der Waals surface area contributed by atoms with Crippen molar-refractivity contribution in [1.82, 2.24) is 4.98 Å². The quantitative estimate of drug-likeness (QED) is 0.703. The zero-order chi connectivity index (χ0) is 9.84. The van der Waals surface area contributed by atoms with E-state index in [0.29, 0.717) is 0 Å². The number of aliphatic carboxylic acids is 1. The van der Waals surface area contributed by atoms with Gasteiger partial charge >= 0.3 is 5.97 Å². The van der Waals surface area contributed by atoms with Gasteiger partial charge in [0.15, 0.2) is 0 Å². The van der Waals surface area contributed by atoms with Gasteiger partial charge in [0.2, 0.25) is 0 Å². The van der Waals surface area contributed by atoms with Crippen molar-refractivity contribution >= 4 is 5.97 Å². The highest BCUT2D eigenvalue weighted by molar-refractivity contribution is 5.73. The van der Waals surface area contributed by atoms with E-state index in [0.717, 1.165) is 11.3 Å². The van der Waals surface area contributed by atoms with E-state index in [1.54, 1.807) is 6.20 Å². The fourth-order valence-electron chi connectivity index (χ4n) is 1.03. The van der Waals surface area contributed by atoms with Crippen molar-refractivity contribution in [3.05, 3.63) is 29.6 Å². The Morgan fingerprint density at radius 2 is 2.46 bits per heavy atom. The summed E-state index contributed by atoms with van der Waals surface area (Å²) < 4.78 is 0. The minimum absolute atomic E-state index is 0.280. The Morgan fingerprint density at radius 3 is 3.00 bits per heavy atom. The lowest BCUT2D eigenvalue weighted by Gasteiger charge is -2.07. The second kappa shape index (κ2) is 4.00. The van der Waals surface area contributed by atoms with Crippen molar-refractivity contribution in [2.75, 3.05) is 0 Å². The number of aromatic nitrogens is 1. The van der Waals surface area contributed by atoms with Gasteiger partial charge in [-0.25, -0.2) is 0 Å². The zero-order valence-electron chi connectivity index (χ0n) is 7.40. The van der Waals surface area contributed by atoms with Crippen molar-refractivity contribution in [3.63, 3.8) is 0 Å². The Bertz CT molecular complexity index is 312. The molecule has 1 heterocycles. The molecule has 0 fully saturated rings. The highest BCUT2D eigenvalue weighted by Gasteiger charge is 2.13. The van der Waals surface area contributed by atoms with Crippen LogP contribution in [0, 0.1) is 6.92 Å². The summed E-state index contributed by atoms with van der Waals surface area (Å²) in [6.07, 6.45) is 1.92. The van der Waals surface area contributed by atoms with Crippen LogP contribution in [0.1, 0.15) is 11.3 Å². The topological polar surface area (TPSA) is 76.2 Å². The number of carboxylic acid groups (broad SMARTS) is 1. The Hall–Kier alpha value is -1.42. The fourth-order valence-corrected chi connectivity index (χ4v) is 1.03. The Morgan fingerprint density at radius 1 is 1.77 bits per heavy atom. The molecule has 0 aliphatic carbocycles. The van der Waals surface area contributed by atoms with E-state index in [-0.39, 0.29) is 6.42 Å². The van der Waals surface area contributed by atoms with Gasteiger partial charge in [0.25, 0.3) is 0 Å². The SMILES string of the molecule is Cc1cccnc1C[C@H](N)C(=O)O. The van der Waals surface area contributed by atoms with Crippen LogP contribution >= 0.6 is 0 Å². The number of carbonyl (C=O) groups is 1. The normalized spacial score (nSPS) is 12.5. The molecule has 3 N–H and O–H groups in total. The van der Waals surface area contributed by atoms with E-state index in [9.17, 15) is 4.79 Å². The maximum absolute atomic E-state index is 10.5. The zero-order valence-corrected chi connectivity index (χ0v) is 7.40. The summed E-state index contributed by atoms with van der Waals surface area (Å²) in [5.41, 5.74) is 7.10. The minimum Gasteiger partial charge on any atom is -0.480 e. The van der Waals surface area contributed by atoms with E-state index in [1.807, 2.05) is 19.1 Å². The van der Waals surface area contributed by atoms with Crippen molar-refractivity contribution < 1.29 is 9.90 Å². The summed E-state index contributed by atoms with van der Waals surface area (Å²) in [4.78, 5) is 14.5. The predicted octanol–water partition coefficient (Wildman–Crippen LogP) is 0.344. The minimum atomic E-state index is -0.995. The Balaban J connectivity index is 2.74. The Kier molecular flexibility index (Phi) is 2.97. The van der Waals surface area contributed by atoms with Gasteiger partial charge in [-0.2, -0.15) is 0 Å². The van der Waals surface area contributed by atoms with E-state index in [1.165, 1.54) is 0 Å². The average molecular weight is 180 g/mol. The molecule has 4 heteroatoms. The molecule has 4 nitrogen and oxygen atoms in total. The summed E-state index contributed by atoms with van der Waals surface area (Å²) in [6, 6.07) is 2.83. The van der Waals surface area contributed by atoms with E-state index in [2.05, 4.69) is 4.98 Å². The number of aryl methyl sites for hydroxylation is 1. The molecule has 0 spiro atoms. The molecule has 0 radical (unpaired) electrons. The second-order valence-electron chi connectivity index (χ2n) is 2.92. The lowest BCUT2D eigenvalue weighted by Crippen LogP contribution is -2.32. The van der Waals surface area contributed by atoms with E-state index >= 15 is 0 Å². The van der Waals surface area contributed by atoms with Crippen molar-refractivity contribution in [2.45, 2.75) is 19.4 Å². The molecule has 0 saturated heterocycles. The van der Waals surface area contributed by atoms with Crippen LogP contribution in [0.15, 0.2) is 18.3 Å². The molecule has 1 rings (SSSR count). The molecule has 0 amide bonds. The molecule has 13 heavy (non-hydrogen) atoms. The summed E-state index contributed by atoms with van der Waals surface area (Å²) in [5.74, 6) is -0.995. The Labute approximate surface area is 76.4 Å². The van der Waals surface area contributed by atoms with Crippen molar-refractivity contribution in [2.24, 2.45) is 5.73 Å². The number of pyridine rings is 1. The summed E-state index contributed by atoms with van der Waals surface area (Å²) in [7, 11) is 0. The summed E-state index contributed by atoms with van der Waals surface area (Å²) in [5, 5.41) is 8.58. The fraction of sp³-hybridized carbons (Fsp3) is 0.333. The molecular weight excluding hydrogens is 168 g/mol. The molecule has 0 aliphatic heterocycles. The van der Waals surface area contributed by atoms with Gasteiger partial charge in [0, 0.05) is 18.3 Å². The monoisotopic (exact) mass is 180 g/mol. The van der Waals surface area contributed by atoms with Gasteiger partial charge in [-0.3, -0.25) is 9.78 Å². The van der Waals surface area contributed by atoms with Crippen LogP contribution in [0.3, 0.4) is 0 Å². The van der Waals surface area contributed by atoms with Gasteiger partial charge in [-0.1, -0.05) is 6.07 Å². The van der Waals surface area contributed by atoms with Gasteiger partial charge < -0.3 is 10.8 Å². The van der Waals surface area contributed by atoms with Crippen LogP contribution < -0.4 is 5.73 Å². The number of nitrogens with two attached hydrogens (primary N) is 1. The maximum atomic E-state index is 10.5. The van der Waals surface area contributed by atoms with Crippen LogP contribution in [-0.4, -0.2) is 22.1 Å². The molecule has 70 valence electrons. The standard InChI is InChI=1S/C9H12N2O2/c1-6-3-2-4-11-8(6)5-7(10)9(12)13/h2-4,7H,5,10H2,1H3,(H,12,13)/t7-/m0/s1. The number of nitrogens with zero attached hydrogens (tertiary/aromatic N) is 1. The van der Waals surface area contributed by atoms with Crippen LogP contribution in [0.2, 0.25) is 0 Å². The molecule has 0 unspecified atom stereocenters. The molecular formula is C9H12N2O2. The molecule has 0 saturated carbocycles. The largest absolute Gasteiger partial charge is 0.480 e. The van der Waals surface area contributed by atoms with Gasteiger partial charge in [-0.15, -0.1) is 0 Å². The second-order valence-corrected chi connectivity index (χ2v) is 2.92. The van der Waals surface area contributed by atoms with Gasteiger partial charge in [0.1, 0.15) is 6.04 Å². The van der Waals surface area contributed by atoms with Crippen LogP contribution in [0.4, 0.5) is 0 Å². The van der Waals surface area contributed by atoms with Gasteiger partial charge in [0.05, 0.1) is 0 Å². The first-order valence-corrected chi connectivity index (χ1v) is 4.00. The van der Waals surface area contributed by atoms with Gasteiger partial charge in [-0.05, 0) is 18.6 Å². The van der Waals surface area contributed by atoms with Crippen LogP contribution in [0.5, 0.6) is 0 Å². The average Bonchev–Trinajstić information content (AvgIpc) is 2.08. The first-order chi connectivity index (χ1) is 6.11. The van der Waals surface area contributed by atoms with Crippen molar-refractivity contribution in [1.29, 1.82) is 0 Å². The molecule has 0 aromatic carbocycles. The smallest absolute Gasteiger partial charge is 0.320 e. The third kappa shape index (κ3) is 2.52. The number of hydrogen-bond acceptors (Lipinski definition) is 3. The molecule has 1 aromatic rings. The third-order valence-electron chi connectivity index (χ3n) is 1.85. The molecule has 1 atom stereocenters. The van der Waals surface area contributed by atoms with Crippen LogP contribution in [-0.2, 0) is 11.2 Å². The first kappa shape index (κ1) is 9.67. The third-order valence-corrected chi connectivity index (χ3v) is 1.85. The molecule has 0 aliphatic rings. The lowest BCUT2D eigenvalue weighted by atomic mass is 10.1. The van der Waals surface area contributed by atoms with Crippen molar-refractivity contribution in [3.8, 4) is 0 Å². The highest BCUT2D eigenvalue weighted by atomic mass is 16.4. The summed E-state index contributed by atoms with van der Waals surface area (Å²) in [6.45, 7) is 1.89. The van der Waals surface area contributed by atoms with E-state index in [4.69, 9.17) is 10.8 Å². The maximum Gasteiger partial charge on any atom is 0.320 e. The predicted molar refractivity (Wildman–Crippen MR) is 48.3 cm³/mol. The highest BCUT2D eigenvalue weighted by Crippen LogP contribution is 2.05. The van der Waals surface area contributed by atoms with E-state index < -0.39 is 12.0 Å². The lowest BCUT2D eigenvalue weighted by molar-refractivity contribution is -0.138. The summed E-state index contributed by atoms with van der Waals surface area (Å²) >= 11 is 0. The number of hydrogen-bond donors (Lipinski definition) is 2. The number of carboxylic acids is 1. The van der Waals surface area contributed by atoms with Crippen LogP contribution in [0.25, 0.3) is 0 Å². The molecule has 0 bridgehead atoms. The number of rotatable bonds is 3. The molecule has 1 aromatic heterocycles.